The largest absolute Gasteiger partial charge is 0.388 e. The van der Waals surface area contributed by atoms with Crippen molar-refractivity contribution in [3.63, 3.8) is 0 Å². The fraction of sp³-hybridized carbons (Fsp3) is 0.788. The van der Waals surface area contributed by atoms with Gasteiger partial charge in [-0.2, -0.15) is 0 Å². The van der Waals surface area contributed by atoms with Crippen LogP contribution >= 0.6 is 7.26 Å². The molecule has 468 valence electrons. The van der Waals surface area contributed by atoms with Crippen molar-refractivity contribution in [3.05, 3.63) is 60.7 Å². The van der Waals surface area contributed by atoms with Crippen LogP contribution in [0, 0.1) is 23.7 Å². The van der Waals surface area contributed by atoms with E-state index in [0.717, 1.165) is 51.7 Å². The molecule has 0 saturated carbocycles. The van der Waals surface area contributed by atoms with E-state index >= 15 is 0 Å². The van der Waals surface area contributed by atoms with Gasteiger partial charge < -0.3 is 59.0 Å². The average molecular weight is 1170 g/mol. The zero-order chi connectivity index (χ0) is 60.2. The van der Waals surface area contributed by atoms with Crippen LogP contribution in [0.1, 0.15) is 172 Å². The molecular weight excluding hydrogens is 1060 g/mol. The Kier molecular flexibility index (Phi) is 25.7. The summed E-state index contributed by atoms with van der Waals surface area (Å²) in [6.45, 7) is 19.6. The molecule has 0 radical (unpaired) electrons. The van der Waals surface area contributed by atoms with Gasteiger partial charge in [-0.3, -0.25) is 9.59 Å². The average Bonchev–Trinajstić information content (AvgIpc) is 2.38. The minimum absolute atomic E-state index is 0.110. The van der Waals surface area contributed by atoms with Gasteiger partial charge in [-0.1, -0.05) is 27.7 Å². The number of rotatable bonds is 21. The molecule has 5 N–H and O–H groups in total. The summed E-state index contributed by atoms with van der Waals surface area (Å²) in [6.07, 6.45) is 5.62. The van der Waals surface area contributed by atoms with Crippen molar-refractivity contribution in [2.24, 2.45) is 23.7 Å². The molecule has 1 unspecified atom stereocenters. The van der Waals surface area contributed by atoms with Crippen molar-refractivity contribution >= 4 is 29.7 Å². The van der Waals surface area contributed by atoms with Crippen LogP contribution in [0.15, 0.2) is 60.7 Å². The molecule has 0 bridgehead atoms. The van der Waals surface area contributed by atoms with Crippen molar-refractivity contribution < 1.29 is 63.5 Å². The Hall–Kier alpha value is -2.63. The predicted molar refractivity (Wildman–Crippen MR) is 327 cm³/mol. The van der Waals surface area contributed by atoms with Crippen LogP contribution in [0.25, 0.3) is 0 Å². The summed E-state index contributed by atoms with van der Waals surface area (Å²) in [7, 11) is 3.28. The SMILES string of the molecule is CC[C@H]1OC(=O)[C@H](C)C([C@H]2C[C@@](C)(OC)[C@@H](O)[C@H](C)O2)[C@H](C)[C@@H](O[C@@H]2O[C@H](C)C[C@H](N(C)C)[C@H]2O)[C@](C)(O)C[C@@H](C)CN(C(=O)CCCCCCCCCCC[PH](c2ccccc2)(c2ccccc2)C2CCOCC2)[C@H](C)[C@@H](O)[C@]1(C)O. The Bertz CT molecular complexity index is 2180. The maximum atomic E-state index is 14.8. The number of likely N-dealkylation sites (N-methyl/N-ethyl adjacent to an activating group) is 1. The van der Waals surface area contributed by atoms with Crippen LogP contribution in [0.4, 0.5) is 0 Å². The normalized spacial score (nSPS) is 37.2. The molecular formula is C66H111N2O13P. The Labute approximate surface area is 494 Å². The van der Waals surface area contributed by atoms with E-state index in [1.165, 1.54) is 45.9 Å². The van der Waals surface area contributed by atoms with Crippen molar-refractivity contribution in [2.75, 3.05) is 47.1 Å². The van der Waals surface area contributed by atoms with Crippen molar-refractivity contribution in [1.29, 1.82) is 0 Å². The van der Waals surface area contributed by atoms with Crippen LogP contribution in [0.3, 0.4) is 0 Å². The summed E-state index contributed by atoms with van der Waals surface area (Å²) in [4.78, 5) is 33.0. The molecule has 4 aliphatic heterocycles. The van der Waals surface area contributed by atoms with Gasteiger partial charge in [0, 0.05) is 32.0 Å². The number of nitrogens with zero attached hydrogens (tertiary/aromatic N) is 2. The molecule has 6 rings (SSSR count). The third-order valence-corrected chi connectivity index (χ3v) is 25.9. The number of hydrogen-bond acceptors (Lipinski definition) is 14. The number of carbonyl (C=O) groups is 2. The van der Waals surface area contributed by atoms with Gasteiger partial charge >= 0.3 is 197 Å². The van der Waals surface area contributed by atoms with E-state index in [1.54, 1.807) is 50.1 Å². The number of esters is 1. The van der Waals surface area contributed by atoms with Crippen LogP contribution < -0.4 is 10.6 Å². The van der Waals surface area contributed by atoms with Gasteiger partial charge in [0.15, 0.2) is 6.29 Å². The van der Waals surface area contributed by atoms with Crippen molar-refractivity contribution in [1.82, 2.24) is 9.80 Å². The van der Waals surface area contributed by atoms with Crippen molar-refractivity contribution in [3.8, 4) is 0 Å². The van der Waals surface area contributed by atoms with E-state index in [0.29, 0.717) is 18.5 Å². The molecule has 2 aromatic rings. The third-order valence-electron chi connectivity index (χ3n) is 20.0. The summed E-state index contributed by atoms with van der Waals surface area (Å²) < 4.78 is 38.1. The summed E-state index contributed by atoms with van der Waals surface area (Å²) in [5.41, 5.74) is -4.05. The van der Waals surface area contributed by atoms with Crippen LogP contribution in [0.5, 0.6) is 0 Å². The number of amides is 1. The Morgan fingerprint density at radius 2 is 1.34 bits per heavy atom. The molecule has 1 amide bonds. The smallest absolute Gasteiger partial charge is 0.126 e. The van der Waals surface area contributed by atoms with Gasteiger partial charge in [0.1, 0.15) is 30.0 Å². The molecule has 0 aromatic heterocycles. The molecule has 4 heterocycles. The monoisotopic (exact) mass is 1170 g/mol. The minimum Gasteiger partial charge on any atom is -0.388 e. The number of cyclic esters (lactones) is 1. The maximum Gasteiger partial charge on any atom is 0.126 e. The molecule has 15 nitrogen and oxygen atoms in total. The molecule has 0 aliphatic carbocycles. The van der Waals surface area contributed by atoms with Crippen LogP contribution in [-0.4, -0.2) is 184 Å². The number of aliphatic hydroxyl groups is 5. The fourth-order valence-corrected chi connectivity index (χ4v) is 21.1. The second-order valence-corrected chi connectivity index (χ2v) is 31.0. The number of benzene rings is 2. The van der Waals surface area contributed by atoms with E-state index in [9.17, 15) is 35.1 Å². The minimum atomic E-state index is -2.05. The quantitative estimate of drug-likeness (QED) is 0.0453. The standard InChI is InChI=1S/C66H111N2O13P/c1-14-55-66(10,75)59(71)48(6)68(56(69)34-28-20-18-16-15-17-19-21-29-39-82(50-30-24-22-25-31-50,51-32-26-23-27-33-51)52-35-37-77-38-36-52)43-44(2)41-64(8,74)61(81-63-58(70)53(67(11)12)40-45(3)78-63)46(4)57(47(5)62(73)80-55)54-42-65(9,76-13)60(72)49(7)79-54/h22-27,30-33,44-49,52-55,57-61,63,70-72,74-75,82H,14-21,28-29,34-43H2,1-13H3/t44-,45-,46+,47-,48-,49+,53+,54-,55-,57?,58-,59-,60+,61-,63+,64-,65-,66-/m1/s1. The van der Waals surface area contributed by atoms with Gasteiger partial charge in [0.25, 0.3) is 0 Å². The number of carbonyl (C=O) groups excluding carboxylic acids is 2. The zero-order valence-electron chi connectivity index (χ0n) is 52.5. The zero-order valence-corrected chi connectivity index (χ0v) is 53.5. The molecule has 82 heavy (non-hydrogen) atoms. The predicted octanol–water partition coefficient (Wildman–Crippen LogP) is 8.55. The van der Waals surface area contributed by atoms with E-state index in [-0.39, 0.29) is 56.2 Å². The summed E-state index contributed by atoms with van der Waals surface area (Å²) in [5.74, 6) is -3.60. The summed E-state index contributed by atoms with van der Waals surface area (Å²) >= 11 is 0. The number of aliphatic hydroxyl groups excluding tert-OH is 3. The third kappa shape index (κ3) is 16.5. The van der Waals surface area contributed by atoms with Gasteiger partial charge in [0.2, 0.25) is 0 Å². The maximum absolute atomic E-state index is 14.8. The first-order chi connectivity index (χ1) is 38.8. The summed E-state index contributed by atoms with van der Waals surface area (Å²) in [6, 6.07) is 21.5. The van der Waals surface area contributed by atoms with E-state index in [4.69, 9.17) is 28.4 Å². The number of methoxy groups -OCH3 is 1. The summed E-state index contributed by atoms with van der Waals surface area (Å²) in [5, 5.41) is 64.0. The molecule has 18 atom stereocenters. The van der Waals surface area contributed by atoms with Gasteiger partial charge in [-0.05, 0) is 86.7 Å². The fourth-order valence-electron chi connectivity index (χ4n) is 15.2. The molecule has 4 fully saturated rings. The molecule has 4 saturated heterocycles. The van der Waals surface area contributed by atoms with E-state index < -0.39 is 103 Å². The number of ether oxygens (including phenoxy) is 6. The van der Waals surface area contributed by atoms with E-state index in [1.807, 2.05) is 46.7 Å². The van der Waals surface area contributed by atoms with Gasteiger partial charge in [0.05, 0.1) is 47.6 Å². The molecule has 4 aliphatic rings. The van der Waals surface area contributed by atoms with Gasteiger partial charge in [-0.25, -0.2) is 0 Å². The second kappa shape index (κ2) is 30.8. The first-order valence-electron chi connectivity index (χ1n) is 31.7. The molecule has 0 spiro atoms. The Morgan fingerprint density at radius 1 is 0.780 bits per heavy atom. The number of unbranched alkanes of at least 4 members (excludes halogenated alkanes) is 8. The first-order valence-corrected chi connectivity index (χ1v) is 34.0. The topological polar surface area (TPSA) is 197 Å². The number of hydrogen-bond donors (Lipinski definition) is 5. The molecule has 16 heteroatoms. The second-order valence-electron chi connectivity index (χ2n) is 26.6. The van der Waals surface area contributed by atoms with Crippen molar-refractivity contribution in [2.45, 2.75) is 262 Å². The van der Waals surface area contributed by atoms with Crippen LogP contribution in [-0.2, 0) is 38.0 Å². The van der Waals surface area contributed by atoms with Crippen LogP contribution in [0.2, 0.25) is 0 Å². The molecule has 2 aromatic carbocycles. The first kappa shape index (κ1) is 68.5. The van der Waals surface area contributed by atoms with E-state index in [2.05, 4.69) is 60.7 Å². The Morgan fingerprint density at radius 3 is 1.89 bits per heavy atom. The Balaban J connectivity index is 1.15. The van der Waals surface area contributed by atoms with Gasteiger partial charge in [-0.15, -0.1) is 0 Å².